The highest BCUT2D eigenvalue weighted by molar-refractivity contribution is 6.33. The number of hydrogen-bond donors (Lipinski definition) is 1. The van der Waals surface area contributed by atoms with Gasteiger partial charge >= 0.3 is 0 Å². The van der Waals surface area contributed by atoms with Crippen LogP contribution in [0.4, 0.5) is 5.69 Å². The minimum Gasteiger partial charge on any atom is -0.399 e. The van der Waals surface area contributed by atoms with Gasteiger partial charge in [0.1, 0.15) is 0 Å². The highest BCUT2D eigenvalue weighted by atomic mass is 35.5. The van der Waals surface area contributed by atoms with Crippen LogP contribution in [-0.2, 0) is 5.54 Å². The molecule has 0 radical (unpaired) electrons. The molecule has 1 aromatic heterocycles. The summed E-state index contributed by atoms with van der Waals surface area (Å²) in [6.07, 6.45) is 0.929. The molecule has 2 rings (SSSR count). The van der Waals surface area contributed by atoms with Gasteiger partial charge in [0, 0.05) is 11.3 Å². The van der Waals surface area contributed by atoms with Crippen molar-refractivity contribution in [1.29, 1.82) is 0 Å². The summed E-state index contributed by atoms with van der Waals surface area (Å²) in [5, 5.41) is 12.7. The van der Waals surface area contributed by atoms with Crippen LogP contribution in [-0.4, -0.2) is 20.2 Å². The molecule has 0 bridgehead atoms. The lowest BCUT2D eigenvalue weighted by molar-refractivity contribution is 0.197. The molecule has 2 aromatic rings. The molecule has 0 spiro atoms. The van der Waals surface area contributed by atoms with Crippen LogP contribution in [0, 0.1) is 5.41 Å². The standard InChI is InChI=1S/C15H22ClN5/c1-14(2,3)9-15(4,5)21-13(18-19-20-21)11-8-10(17)6-7-12(11)16/h6-8H,9,17H2,1-5H3. The molecule has 1 heterocycles. The molecule has 0 aliphatic heterocycles. The second-order valence-corrected chi connectivity index (χ2v) is 7.61. The van der Waals surface area contributed by atoms with Gasteiger partial charge in [-0.2, -0.15) is 0 Å². The van der Waals surface area contributed by atoms with Gasteiger partial charge in [0.05, 0.1) is 10.6 Å². The van der Waals surface area contributed by atoms with Gasteiger partial charge in [-0.1, -0.05) is 32.4 Å². The first-order valence-electron chi connectivity index (χ1n) is 6.94. The molecule has 0 saturated heterocycles. The number of benzene rings is 1. The summed E-state index contributed by atoms with van der Waals surface area (Å²) in [4.78, 5) is 0. The van der Waals surface area contributed by atoms with Crippen LogP contribution in [0.1, 0.15) is 41.0 Å². The third-order valence-electron chi connectivity index (χ3n) is 3.24. The number of aromatic nitrogens is 4. The fourth-order valence-electron chi connectivity index (χ4n) is 2.85. The normalized spacial score (nSPS) is 12.7. The number of nitrogens with two attached hydrogens (primary N) is 1. The van der Waals surface area contributed by atoms with Gasteiger partial charge in [-0.25, -0.2) is 4.68 Å². The molecule has 0 fully saturated rings. The van der Waals surface area contributed by atoms with E-state index in [2.05, 4.69) is 50.1 Å². The summed E-state index contributed by atoms with van der Waals surface area (Å²) in [5.74, 6) is 0.640. The molecular formula is C15H22ClN5. The second-order valence-electron chi connectivity index (χ2n) is 7.20. The topological polar surface area (TPSA) is 69.6 Å². The van der Waals surface area contributed by atoms with Crippen molar-refractivity contribution in [2.45, 2.75) is 46.6 Å². The highest BCUT2D eigenvalue weighted by Crippen LogP contribution is 2.35. The van der Waals surface area contributed by atoms with Gasteiger partial charge in [-0.05, 0) is 54.3 Å². The van der Waals surface area contributed by atoms with E-state index in [0.29, 0.717) is 16.5 Å². The Hall–Kier alpha value is -1.62. The number of rotatable bonds is 3. The molecule has 1 aromatic carbocycles. The Morgan fingerprint density at radius 1 is 1.19 bits per heavy atom. The van der Waals surface area contributed by atoms with Crippen molar-refractivity contribution in [1.82, 2.24) is 20.2 Å². The van der Waals surface area contributed by atoms with E-state index in [0.717, 1.165) is 12.0 Å². The summed E-state index contributed by atoms with van der Waals surface area (Å²) in [6, 6.07) is 5.33. The second kappa shape index (κ2) is 5.30. The summed E-state index contributed by atoms with van der Waals surface area (Å²) in [6.45, 7) is 10.8. The third kappa shape index (κ3) is 3.53. The molecule has 6 heteroatoms. The molecule has 0 unspecified atom stereocenters. The zero-order valence-corrected chi connectivity index (χ0v) is 13.9. The Kier molecular flexibility index (Phi) is 3.97. The first-order chi connectivity index (χ1) is 9.60. The maximum Gasteiger partial charge on any atom is 0.184 e. The Bertz CT molecular complexity index is 640. The van der Waals surface area contributed by atoms with Crippen molar-refractivity contribution in [3.05, 3.63) is 23.2 Å². The summed E-state index contributed by atoms with van der Waals surface area (Å²) in [5.41, 5.74) is 7.18. The number of hydrogen-bond acceptors (Lipinski definition) is 4. The van der Waals surface area contributed by atoms with E-state index in [4.69, 9.17) is 17.3 Å². The Labute approximate surface area is 130 Å². The van der Waals surface area contributed by atoms with E-state index in [9.17, 15) is 0 Å². The van der Waals surface area contributed by atoms with E-state index >= 15 is 0 Å². The smallest absolute Gasteiger partial charge is 0.184 e. The van der Waals surface area contributed by atoms with Crippen molar-refractivity contribution >= 4 is 17.3 Å². The summed E-state index contributed by atoms with van der Waals surface area (Å²) >= 11 is 6.28. The zero-order chi connectivity index (χ0) is 15.8. The average molecular weight is 308 g/mol. The molecule has 21 heavy (non-hydrogen) atoms. The number of nitrogen functional groups attached to an aromatic ring is 1. The van der Waals surface area contributed by atoms with Crippen LogP contribution < -0.4 is 5.73 Å². The highest BCUT2D eigenvalue weighted by Gasteiger charge is 2.31. The largest absolute Gasteiger partial charge is 0.399 e. The van der Waals surface area contributed by atoms with Gasteiger partial charge in [0.25, 0.3) is 0 Å². The van der Waals surface area contributed by atoms with Crippen molar-refractivity contribution < 1.29 is 0 Å². The predicted octanol–water partition coefficient (Wildman–Crippen LogP) is 3.75. The minimum absolute atomic E-state index is 0.159. The molecular weight excluding hydrogens is 286 g/mol. The first-order valence-corrected chi connectivity index (χ1v) is 7.32. The number of halogens is 1. The van der Waals surface area contributed by atoms with Gasteiger partial charge in [-0.3, -0.25) is 0 Å². The van der Waals surface area contributed by atoms with Gasteiger partial charge in [0.15, 0.2) is 5.82 Å². The molecule has 0 atom stereocenters. The number of tetrazole rings is 1. The van der Waals surface area contributed by atoms with E-state index in [1.54, 1.807) is 18.2 Å². The van der Waals surface area contributed by atoms with Crippen LogP contribution in [0.5, 0.6) is 0 Å². The Morgan fingerprint density at radius 3 is 2.48 bits per heavy atom. The SMILES string of the molecule is CC(C)(C)CC(C)(C)n1nnnc1-c1cc(N)ccc1Cl. The van der Waals surface area contributed by atoms with Crippen molar-refractivity contribution in [2.24, 2.45) is 5.41 Å². The lowest BCUT2D eigenvalue weighted by Crippen LogP contribution is -2.33. The van der Waals surface area contributed by atoms with Crippen molar-refractivity contribution in [2.75, 3.05) is 5.73 Å². The van der Waals surface area contributed by atoms with Crippen LogP contribution in [0.25, 0.3) is 11.4 Å². The van der Waals surface area contributed by atoms with Crippen LogP contribution >= 0.6 is 11.6 Å². The predicted molar refractivity (Wildman–Crippen MR) is 86.1 cm³/mol. The van der Waals surface area contributed by atoms with Gasteiger partial charge < -0.3 is 5.73 Å². The van der Waals surface area contributed by atoms with E-state index in [1.807, 2.05) is 4.68 Å². The average Bonchev–Trinajstić information content (AvgIpc) is 2.79. The maximum atomic E-state index is 6.28. The van der Waals surface area contributed by atoms with Gasteiger partial charge in [-0.15, -0.1) is 5.10 Å². The number of nitrogens with zero attached hydrogens (tertiary/aromatic N) is 4. The minimum atomic E-state index is -0.231. The monoisotopic (exact) mass is 307 g/mol. The first kappa shape index (κ1) is 15.8. The number of anilines is 1. The van der Waals surface area contributed by atoms with Crippen LogP contribution in [0.3, 0.4) is 0 Å². The zero-order valence-electron chi connectivity index (χ0n) is 13.2. The summed E-state index contributed by atoms with van der Waals surface area (Å²) < 4.78 is 1.83. The molecule has 0 aliphatic carbocycles. The molecule has 0 amide bonds. The lowest BCUT2D eigenvalue weighted by atomic mass is 9.82. The summed E-state index contributed by atoms with van der Waals surface area (Å²) in [7, 11) is 0. The Balaban J connectivity index is 2.50. The molecule has 5 nitrogen and oxygen atoms in total. The Morgan fingerprint density at radius 2 is 1.86 bits per heavy atom. The third-order valence-corrected chi connectivity index (χ3v) is 3.57. The molecule has 0 aliphatic rings. The molecule has 114 valence electrons. The fourth-order valence-corrected chi connectivity index (χ4v) is 3.05. The van der Waals surface area contributed by atoms with E-state index < -0.39 is 0 Å². The molecule has 0 saturated carbocycles. The lowest BCUT2D eigenvalue weighted by Gasteiger charge is -2.32. The van der Waals surface area contributed by atoms with Crippen LogP contribution in [0.15, 0.2) is 18.2 Å². The fraction of sp³-hybridized carbons (Fsp3) is 0.533. The molecule has 2 N–H and O–H groups in total. The quantitative estimate of drug-likeness (QED) is 0.877. The van der Waals surface area contributed by atoms with Crippen LogP contribution in [0.2, 0.25) is 5.02 Å². The van der Waals surface area contributed by atoms with Crippen molar-refractivity contribution in [3.8, 4) is 11.4 Å². The van der Waals surface area contributed by atoms with E-state index in [1.165, 1.54) is 0 Å². The van der Waals surface area contributed by atoms with E-state index in [-0.39, 0.29) is 11.0 Å². The van der Waals surface area contributed by atoms with Gasteiger partial charge in [0.2, 0.25) is 0 Å². The maximum absolute atomic E-state index is 6.28. The van der Waals surface area contributed by atoms with Crippen molar-refractivity contribution in [3.63, 3.8) is 0 Å².